The first-order valence-corrected chi connectivity index (χ1v) is 7.75. The maximum absolute atomic E-state index is 10.6. The van der Waals surface area contributed by atoms with Crippen molar-refractivity contribution in [1.82, 2.24) is 5.43 Å². The van der Waals surface area contributed by atoms with Gasteiger partial charge in [0.1, 0.15) is 17.2 Å². The summed E-state index contributed by atoms with van der Waals surface area (Å²) in [6.07, 6.45) is 2.22. The molecule has 0 unspecified atom stereocenters. The van der Waals surface area contributed by atoms with Gasteiger partial charge in [0.2, 0.25) is 0 Å². The number of nitrogens with zero attached hydrogens (tertiary/aromatic N) is 1. The highest BCUT2D eigenvalue weighted by Crippen LogP contribution is 2.19. The Morgan fingerprint density at radius 3 is 2.40 bits per heavy atom. The summed E-state index contributed by atoms with van der Waals surface area (Å²) in [7, 11) is 1.62. The van der Waals surface area contributed by atoms with E-state index in [0.29, 0.717) is 19.0 Å². The van der Waals surface area contributed by atoms with Gasteiger partial charge in [-0.15, -0.1) is 0 Å². The predicted molar refractivity (Wildman–Crippen MR) is 95.4 cm³/mol. The summed E-state index contributed by atoms with van der Waals surface area (Å²) < 4.78 is 16.5. The molecule has 2 aromatic carbocycles. The van der Waals surface area contributed by atoms with E-state index in [9.17, 15) is 4.79 Å². The van der Waals surface area contributed by atoms with Gasteiger partial charge in [0.05, 0.1) is 26.5 Å². The smallest absolute Gasteiger partial charge is 0.332 e. The largest absolute Gasteiger partial charge is 0.497 e. The molecule has 0 heterocycles. The number of rotatable bonds is 9. The molecule has 0 aromatic heterocycles. The molecule has 2 rings (SSSR count). The average molecular weight is 343 g/mol. The molecule has 0 aliphatic carbocycles. The summed E-state index contributed by atoms with van der Waals surface area (Å²) in [5.41, 5.74) is 7.86. The maximum atomic E-state index is 10.6. The predicted octanol–water partition coefficient (Wildman–Crippen LogP) is 2.55. The minimum absolute atomic E-state index is 0.518. The van der Waals surface area contributed by atoms with Crippen molar-refractivity contribution >= 4 is 12.2 Å². The molecule has 0 bridgehead atoms. The van der Waals surface area contributed by atoms with E-state index >= 15 is 0 Å². The zero-order chi connectivity index (χ0) is 17.9. The van der Waals surface area contributed by atoms with Crippen LogP contribution in [0.5, 0.6) is 17.2 Å². The van der Waals surface area contributed by atoms with Gasteiger partial charge < -0.3 is 19.9 Å². The van der Waals surface area contributed by atoms with Gasteiger partial charge in [-0.3, -0.25) is 0 Å². The van der Waals surface area contributed by atoms with Crippen LogP contribution in [0.1, 0.15) is 12.0 Å². The Morgan fingerprint density at radius 1 is 1.08 bits per heavy atom. The third-order valence-corrected chi connectivity index (χ3v) is 3.11. The van der Waals surface area contributed by atoms with E-state index in [1.807, 2.05) is 48.5 Å². The van der Waals surface area contributed by atoms with Crippen LogP contribution < -0.4 is 25.4 Å². The lowest BCUT2D eigenvalue weighted by atomic mass is 10.2. The second-order valence-electron chi connectivity index (χ2n) is 5.04. The fraction of sp³-hybridized carbons (Fsp3) is 0.222. The van der Waals surface area contributed by atoms with E-state index in [1.165, 1.54) is 6.21 Å². The summed E-state index contributed by atoms with van der Waals surface area (Å²) in [6.45, 7) is 1.06. The van der Waals surface area contributed by atoms with Crippen molar-refractivity contribution in [2.24, 2.45) is 10.8 Å². The van der Waals surface area contributed by atoms with Crippen LogP contribution >= 0.6 is 0 Å². The van der Waals surface area contributed by atoms with Crippen molar-refractivity contribution in [3.63, 3.8) is 0 Å². The van der Waals surface area contributed by atoms with E-state index < -0.39 is 6.03 Å². The number of carbonyl (C=O) groups excluding carboxylic acids is 1. The van der Waals surface area contributed by atoms with Crippen LogP contribution in [0.4, 0.5) is 4.79 Å². The van der Waals surface area contributed by atoms with Crippen LogP contribution in [0.25, 0.3) is 0 Å². The Bertz CT molecular complexity index is 719. The lowest BCUT2D eigenvalue weighted by Gasteiger charge is -2.09. The SMILES string of the molecule is COc1cccc(OCCCOc2cccc(C=NNC(N)=O)c2)c1. The summed E-state index contributed by atoms with van der Waals surface area (Å²) >= 11 is 0. The topological polar surface area (TPSA) is 95.2 Å². The normalized spacial score (nSPS) is 10.4. The standard InChI is InChI=1S/C18H21N3O4/c1-23-15-6-3-8-17(12-15)25-10-4-9-24-16-7-2-5-14(11-16)13-20-21-18(19)22/h2-3,5-8,11-13H,4,9-10H2,1H3,(H3,19,21,22). The first-order valence-electron chi connectivity index (χ1n) is 7.75. The Morgan fingerprint density at radius 2 is 1.72 bits per heavy atom. The number of hydrazone groups is 1. The van der Waals surface area contributed by atoms with Gasteiger partial charge in [0.15, 0.2) is 0 Å². The first kappa shape index (κ1) is 18.1. The molecule has 7 heteroatoms. The minimum atomic E-state index is -0.709. The molecule has 25 heavy (non-hydrogen) atoms. The number of primary amides is 1. The van der Waals surface area contributed by atoms with Crippen LogP contribution in [0.3, 0.4) is 0 Å². The van der Waals surface area contributed by atoms with Gasteiger partial charge in [0, 0.05) is 12.5 Å². The molecule has 0 saturated carbocycles. The Kier molecular flexibility index (Phi) is 7.12. The average Bonchev–Trinajstić information content (AvgIpc) is 2.62. The Hall–Kier alpha value is -3.22. The number of hydrogen-bond donors (Lipinski definition) is 2. The van der Waals surface area contributed by atoms with Crippen LogP contribution in [0.2, 0.25) is 0 Å². The molecule has 2 amide bonds. The number of ether oxygens (including phenoxy) is 3. The van der Waals surface area contributed by atoms with Gasteiger partial charge >= 0.3 is 6.03 Å². The highest BCUT2D eigenvalue weighted by atomic mass is 16.5. The highest BCUT2D eigenvalue weighted by molar-refractivity contribution is 5.81. The first-order chi connectivity index (χ1) is 12.2. The molecule has 7 nitrogen and oxygen atoms in total. The summed E-state index contributed by atoms with van der Waals surface area (Å²) in [4.78, 5) is 10.6. The molecule has 0 saturated heterocycles. The Labute approximate surface area is 146 Å². The second-order valence-corrected chi connectivity index (χ2v) is 5.04. The molecular weight excluding hydrogens is 322 g/mol. The summed E-state index contributed by atoms with van der Waals surface area (Å²) in [5.74, 6) is 2.24. The van der Waals surface area contributed by atoms with E-state index in [-0.39, 0.29) is 0 Å². The van der Waals surface area contributed by atoms with Crippen molar-refractivity contribution in [3.8, 4) is 17.2 Å². The Balaban J connectivity index is 1.72. The van der Waals surface area contributed by atoms with Gasteiger partial charge in [0.25, 0.3) is 0 Å². The molecule has 0 radical (unpaired) electrons. The van der Waals surface area contributed by atoms with E-state index in [1.54, 1.807) is 7.11 Å². The molecule has 3 N–H and O–H groups in total. The fourth-order valence-electron chi connectivity index (χ4n) is 1.99. The maximum Gasteiger partial charge on any atom is 0.332 e. The van der Waals surface area contributed by atoms with E-state index in [4.69, 9.17) is 19.9 Å². The zero-order valence-electron chi connectivity index (χ0n) is 14.0. The molecule has 0 aliphatic heterocycles. The lowest BCUT2D eigenvalue weighted by molar-refractivity contribution is 0.247. The molecule has 0 atom stereocenters. The molecule has 2 aromatic rings. The van der Waals surface area contributed by atoms with Crippen molar-refractivity contribution in [1.29, 1.82) is 0 Å². The van der Waals surface area contributed by atoms with Gasteiger partial charge in [-0.05, 0) is 29.8 Å². The van der Waals surface area contributed by atoms with Crippen LogP contribution in [0, 0.1) is 0 Å². The lowest BCUT2D eigenvalue weighted by Crippen LogP contribution is -2.24. The number of benzene rings is 2. The number of hydrogen-bond acceptors (Lipinski definition) is 5. The third kappa shape index (κ3) is 6.82. The number of amides is 2. The summed E-state index contributed by atoms with van der Waals surface area (Å²) in [6, 6.07) is 14.1. The second kappa shape index (κ2) is 9.82. The monoisotopic (exact) mass is 343 g/mol. The minimum Gasteiger partial charge on any atom is -0.497 e. The van der Waals surface area contributed by atoms with Gasteiger partial charge in [-0.25, -0.2) is 10.2 Å². The molecule has 0 spiro atoms. The fourth-order valence-corrected chi connectivity index (χ4v) is 1.99. The molecule has 0 fully saturated rings. The van der Waals surface area contributed by atoms with Crippen LogP contribution in [0.15, 0.2) is 53.6 Å². The molecule has 132 valence electrons. The summed E-state index contributed by atoms with van der Waals surface area (Å²) in [5, 5.41) is 3.70. The number of nitrogens with two attached hydrogens (primary N) is 1. The third-order valence-electron chi connectivity index (χ3n) is 3.11. The van der Waals surface area contributed by atoms with Crippen LogP contribution in [-0.4, -0.2) is 32.6 Å². The number of methoxy groups -OCH3 is 1. The van der Waals surface area contributed by atoms with E-state index in [0.717, 1.165) is 23.5 Å². The van der Waals surface area contributed by atoms with Crippen molar-refractivity contribution in [3.05, 3.63) is 54.1 Å². The highest BCUT2D eigenvalue weighted by Gasteiger charge is 1.99. The number of carbonyl (C=O) groups is 1. The molecular formula is C18H21N3O4. The molecule has 0 aliphatic rings. The quantitative estimate of drug-likeness (QED) is 0.415. The van der Waals surface area contributed by atoms with Gasteiger partial charge in [-0.2, -0.15) is 5.10 Å². The zero-order valence-corrected chi connectivity index (χ0v) is 14.0. The van der Waals surface area contributed by atoms with Crippen molar-refractivity contribution in [2.75, 3.05) is 20.3 Å². The van der Waals surface area contributed by atoms with E-state index in [2.05, 4.69) is 10.5 Å². The van der Waals surface area contributed by atoms with Crippen molar-refractivity contribution < 1.29 is 19.0 Å². The number of urea groups is 1. The van der Waals surface area contributed by atoms with Crippen molar-refractivity contribution in [2.45, 2.75) is 6.42 Å². The van der Waals surface area contributed by atoms with Crippen LogP contribution in [-0.2, 0) is 0 Å². The van der Waals surface area contributed by atoms with Gasteiger partial charge in [-0.1, -0.05) is 18.2 Å². The number of nitrogens with one attached hydrogen (secondary N) is 1.